The van der Waals surface area contributed by atoms with Gasteiger partial charge in [0.1, 0.15) is 0 Å². The van der Waals surface area contributed by atoms with Crippen LogP contribution in [0.4, 0.5) is 0 Å². The summed E-state index contributed by atoms with van der Waals surface area (Å²) in [6.07, 6.45) is 25.3. The minimum absolute atomic E-state index is 1.01. The third-order valence-corrected chi connectivity index (χ3v) is 5.51. The first-order valence-electron chi connectivity index (χ1n) is 10.3. The quantitative estimate of drug-likeness (QED) is 0.303. The third kappa shape index (κ3) is 11.2. The van der Waals surface area contributed by atoms with E-state index in [4.69, 9.17) is 0 Å². The van der Waals surface area contributed by atoms with E-state index in [1.807, 2.05) is 0 Å². The van der Waals surface area contributed by atoms with Crippen molar-refractivity contribution in [1.82, 2.24) is 0 Å². The highest BCUT2D eigenvalue weighted by molar-refractivity contribution is 4.70. The molecule has 126 valence electrons. The van der Waals surface area contributed by atoms with Gasteiger partial charge in [-0.3, -0.25) is 0 Å². The Morgan fingerprint density at radius 3 is 1.71 bits per heavy atom. The maximum atomic E-state index is 2.45. The van der Waals surface area contributed by atoms with Gasteiger partial charge in [-0.2, -0.15) is 0 Å². The summed E-state index contributed by atoms with van der Waals surface area (Å²) in [5, 5.41) is 0. The van der Waals surface area contributed by atoms with E-state index in [9.17, 15) is 0 Å². The lowest BCUT2D eigenvalue weighted by Crippen LogP contribution is -2.12. The fourth-order valence-corrected chi connectivity index (χ4v) is 4.10. The standard InChI is InChI=1S/C21H42/c1-3-4-5-6-7-8-9-10-11-12-13-14-17-21-18-15-16-20(2)19-21/h20-21H,3-19H2,1-2H3. The van der Waals surface area contributed by atoms with Crippen LogP contribution in [0.3, 0.4) is 0 Å². The average Bonchev–Trinajstić information content (AvgIpc) is 2.48. The zero-order valence-electron chi connectivity index (χ0n) is 15.2. The molecule has 0 aromatic rings. The monoisotopic (exact) mass is 294 g/mol. The lowest BCUT2D eigenvalue weighted by Gasteiger charge is -2.26. The van der Waals surface area contributed by atoms with E-state index in [-0.39, 0.29) is 0 Å². The second kappa shape index (κ2) is 13.6. The van der Waals surface area contributed by atoms with Gasteiger partial charge in [0.15, 0.2) is 0 Å². The Bertz CT molecular complexity index is 208. The van der Waals surface area contributed by atoms with Crippen LogP contribution in [-0.2, 0) is 0 Å². The van der Waals surface area contributed by atoms with Gasteiger partial charge < -0.3 is 0 Å². The van der Waals surface area contributed by atoms with Crippen LogP contribution >= 0.6 is 0 Å². The summed E-state index contributed by atoms with van der Waals surface area (Å²) in [6, 6.07) is 0. The molecule has 0 heteroatoms. The summed E-state index contributed by atoms with van der Waals surface area (Å²) in [5.74, 6) is 2.10. The van der Waals surface area contributed by atoms with Crippen molar-refractivity contribution in [2.24, 2.45) is 11.8 Å². The molecule has 2 atom stereocenters. The van der Waals surface area contributed by atoms with Crippen LogP contribution in [0.5, 0.6) is 0 Å². The van der Waals surface area contributed by atoms with Crippen molar-refractivity contribution in [2.75, 3.05) is 0 Å². The van der Waals surface area contributed by atoms with E-state index >= 15 is 0 Å². The highest BCUT2D eigenvalue weighted by atomic mass is 14.2. The van der Waals surface area contributed by atoms with Crippen molar-refractivity contribution in [2.45, 2.75) is 123 Å². The molecule has 0 radical (unpaired) electrons. The van der Waals surface area contributed by atoms with Gasteiger partial charge >= 0.3 is 0 Å². The molecule has 0 aromatic heterocycles. The Hall–Kier alpha value is 0. The van der Waals surface area contributed by atoms with Gasteiger partial charge in [-0.25, -0.2) is 0 Å². The molecule has 0 bridgehead atoms. The number of hydrogen-bond acceptors (Lipinski definition) is 0. The summed E-state index contributed by atoms with van der Waals surface area (Å²) in [7, 11) is 0. The molecule has 0 aromatic carbocycles. The van der Waals surface area contributed by atoms with Gasteiger partial charge in [0.05, 0.1) is 0 Å². The molecular formula is C21H42. The SMILES string of the molecule is CCCCCCCCCCCCCCC1CCCC(C)C1. The van der Waals surface area contributed by atoms with E-state index < -0.39 is 0 Å². The Balaban J connectivity index is 1.74. The molecule has 0 spiro atoms. The van der Waals surface area contributed by atoms with Crippen LogP contribution in [0.2, 0.25) is 0 Å². The maximum Gasteiger partial charge on any atom is -0.0412 e. The number of hydrogen-bond donors (Lipinski definition) is 0. The summed E-state index contributed by atoms with van der Waals surface area (Å²) >= 11 is 0. The predicted octanol–water partition coefficient (Wildman–Crippen LogP) is 7.90. The fourth-order valence-electron chi connectivity index (χ4n) is 4.10. The zero-order chi connectivity index (χ0) is 15.2. The molecule has 1 aliphatic carbocycles. The first-order valence-corrected chi connectivity index (χ1v) is 10.3. The molecule has 0 aliphatic heterocycles. The van der Waals surface area contributed by atoms with Crippen molar-refractivity contribution >= 4 is 0 Å². The molecule has 1 aliphatic rings. The Morgan fingerprint density at radius 2 is 1.19 bits per heavy atom. The van der Waals surface area contributed by atoms with E-state index in [1.54, 1.807) is 0 Å². The number of unbranched alkanes of at least 4 members (excludes halogenated alkanes) is 11. The minimum atomic E-state index is 1.01. The van der Waals surface area contributed by atoms with Crippen LogP contribution in [0, 0.1) is 11.8 Å². The normalized spacial score (nSPS) is 22.6. The van der Waals surface area contributed by atoms with Gasteiger partial charge in [0, 0.05) is 0 Å². The topological polar surface area (TPSA) is 0 Å². The second-order valence-electron chi connectivity index (χ2n) is 7.82. The van der Waals surface area contributed by atoms with Crippen molar-refractivity contribution in [1.29, 1.82) is 0 Å². The summed E-state index contributed by atoms with van der Waals surface area (Å²) in [4.78, 5) is 0. The largest absolute Gasteiger partial charge is 0.0654 e. The lowest BCUT2D eigenvalue weighted by molar-refractivity contribution is 0.263. The third-order valence-electron chi connectivity index (χ3n) is 5.51. The first-order chi connectivity index (χ1) is 10.3. The summed E-state index contributed by atoms with van der Waals surface area (Å²) in [6.45, 7) is 4.75. The van der Waals surface area contributed by atoms with Gasteiger partial charge in [-0.15, -0.1) is 0 Å². The van der Waals surface area contributed by atoms with Crippen LogP contribution < -0.4 is 0 Å². The molecule has 0 saturated heterocycles. The van der Waals surface area contributed by atoms with Gasteiger partial charge in [-0.1, -0.05) is 117 Å². The first kappa shape index (κ1) is 19.0. The lowest BCUT2D eigenvalue weighted by atomic mass is 9.80. The average molecular weight is 295 g/mol. The molecule has 21 heavy (non-hydrogen) atoms. The molecule has 1 fully saturated rings. The Labute approximate surface area is 135 Å². The van der Waals surface area contributed by atoms with Gasteiger partial charge in [0.2, 0.25) is 0 Å². The number of rotatable bonds is 13. The molecule has 1 rings (SSSR count). The van der Waals surface area contributed by atoms with Crippen LogP contribution in [-0.4, -0.2) is 0 Å². The second-order valence-corrected chi connectivity index (χ2v) is 7.82. The van der Waals surface area contributed by atoms with E-state index in [1.165, 1.54) is 109 Å². The Morgan fingerprint density at radius 1 is 0.667 bits per heavy atom. The molecular weight excluding hydrogens is 252 g/mol. The van der Waals surface area contributed by atoms with Gasteiger partial charge in [0.25, 0.3) is 0 Å². The molecule has 0 heterocycles. The molecule has 0 amide bonds. The van der Waals surface area contributed by atoms with Crippen LogP contribution in [0.15, 0.2) is 0 Å². The minimum Gasteiger partial charge on any atom is -0.0654 e. The van der Waals surface area contributed by atoms with Crippen molar-refractivity contribution in [3.8, 4) is 0 Å². The van der Waals surface area contributed by atoms with Crippen molar-refractivity contribution in [3.05, 3.63) is 0 Å². The fraction of sp³-hybridized carbons (Fsp3) is 1.00. The van der Waals surface area contributed by atoms with Crippen molar-refractivity contribution < 1.29 is 0 Å². The zero-order valence-corrected chi connectivity index (χ0v) is 15.2. The molecule has 0 nitrogen and oxygen atoms in total. The molecule has 1 saturated carbocycles. The van der Waals surface area contributed by atoms with Crippen LogP contribution in [0.25, 0.3) is 0 Å². The van der Waals surface area contributed by atoms with Crippen molar-refractivity contribution in [3.63, 3.8) is 0 Å². The summed E-state index contributed by atoms with van der Waals surface area (Å²) in [5.41, 5.74) is 0. The Kier molecular flexibility index (Phi) is 12.4. The predicted molar refractivity (Wildman–Crippen MR) is 96.8 cm³/mol. The highest BCUT2D eigenvalue weighted by Crippen LogP contribution is 2.31. The van der Waals surface area contributed by atoms with Crippen LogP contribution in [0.1, 0.15) is 123 Å². The highest BCUT2D eigenvalue weighted by Gasteiger charge is 2.17. The maximum absolute atomic E-state index is 2.45. The van der Waals surface area contributed by atoms with E-state index in [2.05, 4.69) is 13.8 Å². The smallest absolute Gasteiger partial charge is 0.0412 e. The van der Waals surface area contributed by atoms with E-state index in [0.29, 0.717) is 0 Å². The van der Waals surface area contributed by atoms with E-state index in [0.717, 1.165) is 11.8 Å². The molecule has 2 unspecified atom stereocenters. The van der Waals surface area contributed by atoms with Gasteiger partial charge in [-0.05, 0) is 18.3 Å². The molecule has 0 N–H and O–H groups in total. The summed E-state index contributed by atoms with van der Waals surface area (Å²) < 4.78 is 0.